The Labute approximate surface area is 186 Å². The molecular weight excluding hydrogens is 364 g/mol. The van der Waals surface area contributed by atoms with Crippen molar-refractivity contribution in [2.45, 2.75) is 120 Å². The van der Waals surface area contributed by atoms with Crippen LogP contribution in [0.25, 0.3) is 0 Å². The molecule has 1 nitrogen and oxygen atoms in total. The summed E-state index contributed by atoms with van der Waals surface area (Å²) in [5.41, 5.74) is 5.47. The summed E-state index contributed by atoms with van der Waals surface area (Å²) in [6.45, 7) is 20.2. The topological polar surface area (TPSA) is 17.1 Å². The van der Waals surface area contributed by atoms with Crippen LogP contribution >= 0.6 is 0 Å². The molecule has 4 aliphatic rings. The van der Waals surface area contributed by atoms with Gasteiger partial charge in [0, 0.05) is 6.42 Å². The molecule has 0 spiro atoms. The average Bonchev–Trinajstić information content (AvgIpc) is 2.64. The molecule has 0 heterocycles. The van der Waals surface area contributed by atoms with E-state index >= 15 is 0 Å². The van der Waals surface area contributed by atoms with Crippen LogP contribution in [0.1, 0.15) is 120 Å². The lowest BCUT2D eigenvalue weighted by Crippen LogP contribution is -2.60. The van der Waals surface area contributed by atoms with Gasteiger partial charge in [0.05, 0.1) is 0 Å². The fraction of sp³-hybridized carbons (Fsp3) is 0.897. The molecule has 0 radical (unpaired) electrons. The van der Waals surface area contributed by atoms with E-state index in [4.69, 9.17) is 0 Å². The van der Waals surface area contributed by atoms with Gasteiger partial charge >= 0.3 is 0 Å². The van der Waals surface area contributed by atoms with Crippen molar-refractivity contribution in [1.82, 2.24) is 0 Å². The van der Waals surface area contributed by atoms with Crippen molar-refractivity contribution >= 4 is 6.29 Å². The van der Waals surface area contributed by atoms with Crippen LogP contribution in [0.15, 0.2) is 11.1 Å². The zero-order chi connectivity index (χ0) is 22.2. The molecule has 170 valence electrons. The third-order valence-electron chi connectivity index (χ3n) is 11.6. The summed E-state index contributed by atoms with van der Waals surface area (Å²) in [5.74, 6) is 2.02. The van der Waals surface area contributed by atoms with Crippen LogP contribution in [0.4, 0.5) is 0 Å². The summed E-state index contributed by atoms with van der Waals surface area (Å²) in [6, 6.07) is 0. The summed E-state index contributed by atoms with van der Waals surface area (Å²) in [7, 11) is 0. The third-order valence-corrected chi connectivity index (χ3v) is 11.6. The highest BCUT2D eigenvalue weighted by atomic mass is 16.1. The van der Waals surface area contributed by atoms with Crippen molar-refractivity contribution < 1.29 is 4.79 Å². The van der Waals surface area contributed by atoms with Gasteiger partial charge in [-0.2, -0.15) is 0 Å². The fourth-order valence-corrected chi connectivity index (χ4v) is 9.47. The monoisotopic (exact) mass is 412 g/mol. The first-order valence-electron chi connectivity index (χ1n) is 13.0. The van der Waals surface area contributed by atoms with E-state index in [9.17, 15) is 4.79 Å². The second-order valence-corrected chi connectivity index (χ2v) is 14.0. The van der Waals surface area contributed by atoms with E-state index in [1.807, 2.05) is 11.1 Å². The number of allylic oxidation sites excluding steroid dienone is 2. The summed E-state index contributed by atoms with van der Waals surface area (Å²) in [4.78, 5) is 11.9. The maximum absolute atomic E-state index is 11.9. The Hall–Kier alpha value is -0.590. The van der Waals surface area contributed by atoms with Crippen molar-refractivity contribution in [2.24, 2.45) is 44.8 Å². The zero-order valence-electron chi connectivity index (χ0n) is 21.3. The van der Waals surface area contributed by atoms with Crippen LogP contribution in [0.3, 0.4) is 0 Å². The Kier molecular flexibility index (Phi) is 5.24. The third kappa shape index (κ3) is 2.96. The maximum atomic E-state index is 11.9. The summed E-state index contributed by atoms with van der Waals surface area (Å²) in [6.07, 6.45) is 14.1. The molecule has 0 aromatic carbocycles. The van der Waals surface area contributed by atoms with E-state index in [0.717, 1.165) is 6.42 Å². The summed E-state index contributed by atoms with van der Waals surface area (Å²) >= 11 is 0. The minimum atomic E-state index is 0.161. The quantitative estimate of drug-likeness (QED) is 0.336. The molecule has 0 saturated heterocycles. The Morgan fingerprint density at radius 1 is 0.900 bits per heavy atom. The predicted molar refractivity (Wildman–Crippen MR) is 127 cm³/mol. The van der Waals surface area contributed by atoms with Gasteiger partial charge in [0.1, 0.15) is 6.29 Å². The van der Waals surface area contributed by atoms with Gasteiger partial charge in [-0.3, -0.25) is 0 Å². The van der Waals surface area contributed by atoms with E-state index in [1.165, 1.54) is 64.1 Å². The summed E-state index contributed by atoms with van der Waals surface area (Å²) < 4.78 is 0. The van der Waals surface area contributed by atoms with E-state index in [-0.39, 0.29) is 5.41 Å². The van der Waals surface area contributed by atoms with E-state index < -0.39 is 0 Å². The van der Waals surface area contributed by atoms with Crippen LogP contribution < -0.4 is 0 Å². The van der Waals surface area contributed by atoms with Crippen molar-refractivity contribution in [2.75, 3.05) is 0 Å². The second kappa shape index (κ2) is 6.95. The normalized spacial score (nSPS) is 48.0. The molecule has 4 aliphatic carbocycles. The Balaban J connectivity index is 1.82. The molecule has 0 unspecified atom stereocenters. The van der Waals surface area contributed by atoms with Gasteiger partial charge in [0.25, 0.3) is 0 Å². The molecule has 1 heteroatoms. The molecule has 0 N–H and O–H groups in total. The van der Waals surface area contributed by atoms with Gasteiger partial charge in [-0.25, -0.2) is 0 Å². The van der Waals surface area contributed by atoms with Crippen LogP contribution in [-0.2, 0) is 4.79 Å². The molecular formula is C29H48O. The molecule has 0 bridgehead atoms. The van der Waals surface area contributed by atoms with Gasteiger partial charge in [-0.05, 0) is 103 Å². The molecule has 3 saturated carbocycles. The number of hydrogen-bond acceptors (Lipinski definition) is 1. The number of carbonyl (C=O) groups excluding carboxylic acids is 1. The Morgan fingerprint density at radius 3 is 2.20 bits per heavy atom. The van der Waals surface area contributed by atoms with Crippen molar-refractivity contribution in [3.05, 3.63) is 11.1 Å². The fourth-order valence-electron chi connectivity index (χ4n) is 9.47. The van der Waals surface area contributed by atoms with Gasteiger partial charge < -0.3 is 4.79 Å². The van der Waals surface area contributed by atoms with Crippen LogP contribution in [-0.4, -0.2) is 6.29 Å². The van der Waals surface area contributed by atoms with E-state index in [2.05, 4.69) is 55.4 Å². The van der Waals surface area contributed by atoms with Crippen LogP contribution in [0.2, 0.25) is 0 Å². The molecule has 0 aromatic heterocycles. The molecule has 0 aliphatic heterocycles. The first-order valence-corrected chi connectivity index (χ1v) is 13.0. The smallest absolute Gasteiger partial charge is 0.120 e. The first kappa shape index (κ1) is 22.6. The minimum Gasteiger partial charge on any atom is -0.303 e. The zero-order valence-corrected chi connectivity index (χ0v) is 21.3. The maximum Gasteiger partial charge on any atom is 0.120 e. The number of rotatable bonds is 3. The SMILES string of the molecule is CC(C)[C@@H]1CC[C@]2(C)[C@H](CCC3=C4CC(C)(C)CC[C@]4(C)CC[C@]32C)[C@@]1(C)CC=O. The van der Waals surface area contributed by atoms with Crippen molar-refractivity contribution in [1.29, 1.82) is 0 Å². The average molecular weight is 413 g/mol. The lowest BCUT2D eigenvalue weighted by Gasteiger charge is -2.68. The number of aldehydes is 1. The van der Waals surface area contributed by atoms with Crippen LogP contribution in [0, 0.1) is 44.8 Å². The van der Waals surface area contributed by atoms with Crippen LogP contribution in [0.5, 0.6) is 0 Å². The second-order valence-electron chi connectivity index (χ2n) is 14.0. The lowest BCUT2D eigenvalue weighted by atomic mass is 9.36. The highest BCUT2D eigenvalue weighted by Gasteiger charge is 2.64. The molecule has 6 atom stereocenters. The van der Waals surface area contributed by atoms with Gasteiger partial charge in [0.15, 0.2) is 0 Å². The van der Waals surface area contributed by atoms with E-state index in [1.54, 1.807) is 0 Å². The largest absolute Gasteiger partial charge is 0.303 e. The molecule has 0 aromatic rings. The highest BCUT2D eigenvalue weighted by molar-refractivity contribution is 5.51. The number of carbonyl (C=O) groups is 1. The van der Waals surface area contributed by atoms with Crippen molar-refractivity contribution in [3.63, 3.8) is 0 Å². The first-order chi connectivity index (χ1) is 13.8. The van der Waals surface area contributed by atoms with E-state index in [0.29, 0.717) is 39.4 Å². The van der Waals surface area contributed by atoms with Gasteiger partial charge in [-0.1, -0.05) is 66.5 Å². The minimum absolute atomic E-state index is 0.161. The molecule has 30 heavy (non-hydrogen) atoms. The lowest BCUT2D eigenvalue weighted by molar-refractivity contribution is -0.154. The Bertz CT molecular complexity index is 743. The molecule has 0 amide bonds. The number of hydrogen-bond donors (Lipinski definition) is 0. The Morgan fingerprint density at radius 2 is 1.57 bits per heavy atom. The van der Waals surface area contributed by atoms with Gasteiger partial charge in [-0.15, -0.1) is 0 Å². The number of fused-ring (bicyclic) bond motifs is 4. The molecule has 3 fully saturated rings. The summed E-state index contributed by atoms with van der Waals surface area (Å²) in [5, 5.41) is 0. The predicted octanol–water partition coefficient (Wildman–Crippen LogP) is 8.38. The standard InChI is InChI=1S/C29H48O/c1-20(2)21-11-12-29(8)24(27(21,6)17-18-30)10-9-22-23-19-25(3,4)13-14-26(23,5)15-16-28(22,29)7/h18,20-21,24H,9-17,19H2,1-8H3/t21-,24+,26+,27-,28+,29+/m0/s1. The van der Waals surface area contributed by atoms with Gasteiger partial charge in [0.2, 0.25) is 0 Å². The molecule has 4 rings (SSSR count). The highest BCUT2D eigenvalue weighted by Crippen LogP contribution is 2.73. The van der Waals surface area contributed by atoms with Crippen molar-refractivity contribution in [3.8, 4) is 0 Å².